The Hall–Kier alpha value is -1.82. The van der Waals surface area contributed by atoms with Crippen LogP contribution in [0.25, 0.3) is 11.0 Å². The Labute approximate surface area is 141 Å². The number of rotatable bonds is 3. The zero-order valence-corrected chi connectivity index (χ0v) is 14.5. The van der Waals surface area contributed by atoms with Crippen LogP contribution in [0.15, 0.2) is 11.0 Å². The Morgan fingerprint density at radius 1 is 1.38 bits per heavy atom. The number of hydrogen-bond donors (Lipinski definition) is 2. The van der Waals surface area contributed by atoms with Gasteiger partial charge < -0.3 is 14.6 Å². The summed E-state index contributed by atoms with van der Waals surface area (Å²) in [5, 5.41) is 0.714. The molecule has 2 N–H and O–H groups in total. The Kier molecular flexibility index (Phi) is 3.87. The number of H-pyrrole nitrogens is 2. The van der Waals surface area contributed by atoms with Crippen molar-refractivity contribution in [3.05, 3.63) is 22.1 Å². The van der Waals surface area contributed by atoms with E-state index in [-0.39, 0.29) is 5.56 Å². The van der Waals surface area contributed by atoms with Crippen molar-refractivity contribution in [2.45, 2.75) is 45.4 Å². The van der Waals surface area contributed by atoms with Gasteiger partial charge in [0.05, 0.1) is 12.0 Å². The van der Waals surface area contributed by atoms with Gasteiger partial charge in [0, 0.05) is 25.9 Å². The Morgan fingerprint density at radius 2 is 2.17 bits per heavy atom. The summed E-state index contributed by atoms with van der Waals surface area (Å²) >= 11 is 0. The van der Waals surface area contributed by atoms with E-state index in [0.717, 1.165) is 51.1 Å². The number of hydrogen-bond acceptors (Lipinski definition) is 4. The van der Waals surface area contributed by atoms with Crippen molar-refractivity contribution >= 4 is 17.0 Å². The van der Waals surface area contributed by atoms with Crippen LogP contribution < -0.4 is 10.5 Å². The van der Waals surface area contributed by atoms with Crippen molar-refractivity contribution in [2.24, 2.45) is 5.41 Å². The van der Waals surface area contributed by atoms with Crippen LogP contribution >= 0.6 is 0 Å². The van der Waals surface area contributed by atoms with Gasteiger partial charge in [-0.3, -0.25) is 9.78 Å². The first-order chi connectivity index (χ1) is 11.6. The summed E-state index contributed by atoms with van der Waals surface area (Å²) in [6.45, 7) is 7.91. The molecule has 4 heterocycles. The normalized spacial score (nSPS) is 21.7. The minimum atomic E-state index is -0.0314. The number of fused-ring (bicyclic) bond motifs is 1. The number of nitrogens with one attached hydrogen (secondary N) is 2. The summed E-state index contributed by atoms with van der Waals surface area (Å²) in [4.78, 5) is 25.7. The third-order valence-corrected chi connectivity index (χ3v) is 6.01. The van der Waals surface area contributed by atoms with Gasteiger partial charge in [0.15, 0.2) is 0 Å². The van der Waals surface area contributed by atoms with Crippen LogP contribution in [0.1, 0.15) is 51.0 Å². The first kappa shape index (κ1) is 15.7. The van der Waals surface area contributed by atoms with Crippen molar-refractivity contribution in [2.75, 3.05) is 31.2 Å². The van der Waals surface area contributed by atoms with E-state index in [2.05, 4.69) is 28.7 Å². The van der Waals surface area contributed by atoms with Crippen LogP contribution in [-0.4, -0.2) is 41.3 Å². The smallest absolute Gasteiger partial charge is 0.262 e. The van der Waals surface area contributed by atoms with Crippen molar-refractivity contribution in [3.8, 4) is 0 Å². The van der Waals surface area contributed by atoms with Gasteiger partial charge in [-0.2, -0.15) is 4.98 Å². The highest BCUT2D eigenvalue weighted by molar-refractivity contribution is 5.80. The summed E-state index contributed by atoms with van der Waals surface area (Å²) in [5.74, 6) is 1.04. The minimum absolute atomic E-state index is 0.0314. The lowest BCUT2D eigenvalue weighted by atomic mass is 9.78. The van der Waals surface area contributed by atoms with Gasteiger partial charge in [-0.15, -0.1) is 0 Å². The molecule has 1 spiro atoms. The molecular formula is C18H26N4O2. The minimum Gasteiger partial charge on any atom is -0.381 e. The van der Waals surface area contributed by atoms with Gasteiger partial charge in [0.2, 0.25) is 5.95 Å². The van der Waals surface area contributed by atoms with Crippen LogP contribution in [0.4, 0.5) is 5.95 Å². The van der Waals surface area contributed by atoms with Gasteiger partial charge in [-0.1, -0.05) is 13.8 Å². The molecule has 24 heavy (non-hydrogen) atoms. The second kappa shape index (κ2) is 5.92. The molecule has 2 saturated heterocycles. The van der Waals surface area contributed by atoms with Crippen LogP contribution in [0, 0.1) is 5.41 Å². The van der Waals surface area contributed by atoms with Crippen molar-refractivity contribution in [1.29, 1.82) is 0 Å². The van der Waals surface area contributed by atoms with E-state index in [1.165, 1.54) is 6.42 Å². The summed E-state index contributed by atoms with van der Waals surface area (Å²) in [6, 6.07) is 0. The first-order valence-electron chi connectivity index (χ1n) is 9.06. The maximum absolute atomic E-state index is 12.6. The molecular weight excluding hydrogens is 304 g/mol. The molecule has 1 unspecified atom stereocenters. The molecule has 4 rings (SSSR count). The van der Waals surface area contributed by atoms with Gasteiger partial charge >= 0.3 is 0 Å². The fourth-order valence-electron chi connectivity index (χ4n) is 4.05. The molecule has 2 aromatic rings. The molecule has 2 aliphatic heterocycles. The highest BCUT2D eigenvalue weighted by Crippen LogP contribution is 2.39. The highest BCUT2D eigenvalue weighted by atomic mass is 16.5. The lowest BCUT2D eigenvalue weighted by molar-refractivity contribution is 0.133. The largest absolute Gasteiger partial charge is 0.381 e. The lowest BCUT2D eigenvalue weighted by Gasteiger charge is -2.38. The molecule has 2 fully saturated rings. The van der Waals surface area contributed by atoms with Crippen LogP contribution in [0.3, 0.4) is 0 Å². The van der Waals surface area contributed by atoms with E-state index in [1.807, 2.05) is 6.20 Å². The zero-order chi connectivity index (χ0) is 16.7. The number of aromatic amines is 2. The van der Waals surface area contributed by atoms with Crippen LogP contribution in [0.2, 0.25) is 0 Å². The third-order valence-electron chi connectivity index (χ3n) is 6.01. The second-order valence-electron chi connectivity index (χ2n) is 7.46. The van der Waals surface area contributed by atoms with Gasteiger partial charge in [0.25, 0.3) is 5.56 Å². The Balaban J connectivity index is 1.61. The SMILES string of the molecule is CCC(C)c1c[nH]c2nc(N3CCC4(CCOC4)CC3)[nH]c(=O)c12. The van der Waals surface area contributed by atoms with Crippen LogP contribution in [-0.2, 0) is 4.74 Å². The van der Waals surface area contributed by atoms with Gasteiger partial charge in [0.1, 0.15) is 5.65 Å². The molecule has 0 saturated carbocycles. The summed E-state index contributed by atoms with van der Waals surface area (Å²) in [6.07, 6.45) is 6.32. The molecule has 130 valence electrons. The number of ether oxygens (including phenoxy) is 1. The Bertz CT molecular complexity index is 778. The first-order valence-corrected chi connectivity index (χ1v) is 9.06. The van der Waals surface area contributed by atoms with E-state index in [9.17, 15) is 4.79 Å². The predicted molar refractivity (Wildman–Crippen MR) is 94.7 cm³/mol. The van der Waals surface area contributed by atoms with E-state index in [0.29, 0.717) is 28.3 Å². The number of anilines is 1. The number of piperidine rings is 1. The lowest BCUT2D eigenvalue weighted by Crippen LogP contribution is -2.41. The molecule has 6 heteroatoms. The molecule has 0 bridgehead atoms. The quantitative estimate of drug-likeness (QED) is 0.907. The second-order valence-corrected chi connectivity index (χ2v) is 7.46. The zero-order valence-electron chi connectivity index (χ0n) is 14.5. The van der Waals surface area contributed by atoms with Crippen LogP contribution in [0.5, 0.6) is 0 Å². The van der Waals surface area contributed by atoms with E-state index >= 15 is 0 Å². The predicted octanol–water partition coefficient (Wildman–Crippen LogP) is 2.77. The Morgan fingerprint density at radius 3 is 2.83 bits per heavy atom. The van der Waals surface area contributed by atoms with E-state index in [4.69, 9.17) is 9.72 Å². The molecule has 2 aromatic heterocycles. The molecule has 0 radical (unpaired) electrons. The molecule has 0 aliphatic carbocycles. The van der Waals surface area contributed by atoms with Crippen molar-refractivity contribution < 1.29 is 4.74 Å². The highest BCUT2D eigenvalue weighted by Gasteiger charge is 2.38. The molecule has 2 aliphatic rings. The summed E-state index contributed by atoms with van der Waals surface area (Å²) in [5.41, 5.74) is 2.09. The van der Waals surface area contributed by atoms with E-state index < -0.39 is 0 Å². The maximum Gasteiger partial charge on any atom is 0.262 e. The molecule has 0 aromatic carbocycles. The van der Waals surface area contributed by atoms with E-state index in [1.54, 1.807) is 0 Å². The number of nitrogens with zero attached hydrogens (tertiary/aromatic N) is 2. The number of aromatic nitrogens is 3. The monoisotopic (exact) mass is 330 g/mol. The van der Waals surface area contributed by atoms with Crippen molar-refractivity contribution in [1.82, 2.24) is 15.0 Å². The molecule has 6 nitrogen and oxygen atoms in total. The van der Waals surface area contributed by atoms with Gasteiger partial charge in [-0.25, -0.2) is 0 Å². The fraction of sp³-hybridized carbons (Fsp3) is 0.667. The topological polar surface area (TPSA) is 74.0 Å². The van der Waals surface area contributed by atoms with Crippen molar-refractivity contribution in [3.63, 3.8) is 0 Å². The fourth-order valence-corrected chi connectivity index (χ4v) is 4.05. The molecule has 0 amide bonds. The summed E-state index contributed by atoms with van der Waals surface area (Å²) in [7, 11) is 0. The standard InChI is InChI=1S/C18H26N4O2/c1-3-12(2)13-10-19-15-14(13)16(23)21-17(20-15)22-7-4-18(5-8-22)6-9-24-11-18/h10,12H,3-9,11H2,1-2H3,(H2,19,20,21,23). The average molecular weight is 330 g/mol. The maximum atomic E-state index is 12.6. The average Bonchev–Trinajstić information content (AvgIpc) is 3.22. The summed E-state index contributed by atoms with van der Waals surface area (Å²) < 4.78 is 5.59. The molecule has 1 atom stereocenters. The van der Waals surface area contributed by atoms with Gasteiger partial charge in [-0.05, 0) is 42.6 Å². The third kappa shape index (κ3) is 2.53.